The Morgan fingerprint density at radius 2 is 1.78 bits per heavy atom. The number of amides is 2. The Hall–Kier alpha value is -3.71. The van der Waals surface area contributed by atoms with E-state index in [9.17, 15) is 14.0 Å². The summed E-state index contributed by atoms with van der Waals surface area (Å²) >= 11 is 0. The lowest BCUT2D eigenvalue weighted by atomic mass is 10.2. The highest BCUT2D eigenvalue weighted by Crippen LogP contribution is 2.17. The van der Waals surface area contributed by atoms with Gasteiger partial charge in [-0.1, -0.05) is 42.5 Å². The summed E-state index contributed by atoms with van der Waals surface area (Å²) in [6, 6.07) is 19.3. The van der Waals surface area contributed by atoms with E-state index in [0.717, 1.165) is 29.7 Å². The van der Waals surface area contributed by atoms with Crippen LogP contribution in [0.15, 0.2) is 77.2 Å². The summed E-state index contributed by atoms with van der Waals surface area (Å²) in [5.74, 6) is 0.576. The third kappa shape index (κ3) is 7.39. The second-order valence-electron chi connectivity index (χ2n) is 8.99. The molecule has 1 unspecified atom stereocenters. The maximum absolute atomic E-state index is 13.5. The van der Waals surface area contributed by atoms with Crippen LogP contribution in [-0.2, 0) is 27.4 Å². The largest absolute Gasteiger partial charge is 0.464 e. The Bertz CT molecular complexity index is 1170. The highest BCUT2D eigenvalue weighted by Gasteiger charge is 2.26. The van der Waals surface area contributed by atoms with Gasteiger partial charge in [0.05, 0.1) is 12.6 Å². The summed E-state index contributed by atoms with van der Waals surface area (Å²) in [5.41, 5.74) is 1.69. The molecule has 0 aliphatic carbocycles. The van der Waals surface area contributed by atoms with Crippen molar-refractivity contribution in [1.29, 1.82) is 0 Å². The first-order valence-corrected chi connectivity index (χ1v) is 12.2. The summed E-state index contributed by atoms with van der Waals surface area (Å²) in [6.45, 7) is 3.25. The minimum Gasteiger partial charge on any atom is -0.464 e. The van der Waals surface area contributed by atoms with Gasteiger partial charge in [-0.05, 0) is 61.2 Å². The number of hydrogen-bond donors (Lipinski definition) is 0. The van der Waals surface area contributed by atoms with Gasteiger partial charge in [-0.3, -0.25) is 9.59 Å². The van der Waals surface area contributed by atoms with E-state index in [1.54, 1.807) is 28.0 Å². The molecule has 1 aromatic heterocycles. The summed E-state index contributed by atoms with van der Waals surface area (Å²) < 4.78 is 24.9. The predicted octanol–water partition coefficient (Wildman–Crippen LogP) is 4.98. The fourth-order valence-electron chi connectivity index (χ4n) is 4.17. The standard InChI is InChI=1S/C29H31FN2O4/c1-22-9-15-27(36-22)20-31(18-24-10-13-25(30)14-11-24)29(34)21-32(19-26-8-5-17-35-26)28(33)16-12-23-6-3-2-4-7-23/h2-4,6-7,9-16,26H,5,8,17-21H2,1H3/b16-12+. The third-order valence-electron chi connectivity index (χ3n) is 6.09. The molecule has 0 spiro atoms. The second kappa shape index (κ2) is 12.3. The Labute approximate surface area is 211 Å². The first-order chi connectivity index (χ1) is 17.5. The van der Waals surface area contributed by atoms with Crippen LogP contribution < -0.4 is 0 Å². The lowest BCUT2D eigenvalue weighted by Gasteiger charge is -2.28. The predicted molar refractivity (Wildman–Crippen MR) is 135 cm³/mol. The van der Waals surface area contributed by atoms with Gasteiger partial charge in [0.15, 0.2) is 0 Å². The zero-order valence-electron chi connectivity index (χ0n) is 20.4. The van der Waals surface area contributed by atoms with E-state index in [1.807, 2.05) is 49.4 Å². The SMILES string of the molecule is Cc1ccc(CN(Cc2ccc(F)cc2)C(=O)CN(CC2CCCO2)C(=O)/C=C/c2ccccc2)o1. The van der Waals surface area contributed by atoms with Crippen molar-refractivity contribution in [2.75, 3.05) is 19.7 Å². The Morgan fingerprint density at radius 3 is 2.44 bits per heavy atom. The van der Waals surface area contributed by atoms with Crippen molar-refractivity contribution in [3.8, 4) is 0 Å². The smallest absolute Gasteiger partial charge is 0.247 e. The molecule has 1 fully saturated rings. The first kappa shape index (κ1) is 25.4. The number of carbonyl (C=O) groups is 2. The number of carbonyl (C=O) groups excluding carboxylic acids is 2. The molecule has 0 bridgehead atoms. The monoisotopic (exact) mass is 490 g/mol. The third-order valence-corrected chi connectivity index (χ3v) is 6.09. The number of aryl methyl sites for hydroxylation is 1. The maximum Gasteiger partial charge on any atom is 0.247 e. The number of halogens is 1. The molecule has 0 radical (unpaired) electrons. The van der Waals surface area contributed by atoms with Crippen LogP contribution in [-0.4, -0.2) is 47.4 Å². The molecule has 3 aromatic rings. The second-order valence-corrected chi connectivity index (χ2v) is 8.99. The summed E-state index contributed by atoms with van der Waals surface area (Å²) in [5, 5.41) is 0. The molecular weight excluding hydrogens is 459 g/mol. The molecule has 0 saturated carbocycles. The lowest BCUT2D eigenvalue weighted by Crippen LogP contribution is -2.44. The summed E-state index contributed by atoms with van der Waals surface area (Å²) in [6.07, 6.45) is 4.94. The zero-order valence-corrected chi connectivity index (χ0v) is 20.4. The lowest BCUT2D eigenvalue weighted by molar-refractivity contribution is -0.140. The van der Waals surface area contributed by atoms with Gasteiger partial charge in [0, 0.05) is 25.8 Å². The Balaban J connectivity index is 1.51. The van der Waals surface area contributed by atoms with E-state index in [4.69, 9.17) is 9.15 Å². The Kier molecular flexibility index (Phi) is 8.68. The molecule has 188 valence electrons. The van der Waals surface area contributed by atoms with Crippen molar-refractivity contribution < 1.29 is 23.1 Å². The van der Waals surface area contributed by atoms with Crippen LogP contribution in [0.2, 0.25) is 0 Å². The van der Waals surface area contributed by atoms with Crippen molar-refractivity contribution in [3.05, 3.63) is 101 Å². The molecule has 1 aliphatic rings. The molecule has 2 amide bonds. The van der Waals surface area contributed by atoms with Gasteiger partial charge in [-0.15, -0.1) is 0 Å². The average molecular weight is 491 g/mol. The molecule has 2 aromatic carbocycles. The van der Waals surface area contributed by atoms with Gasteiger partial charge in [0.2, 0.25) is 11.8 Å². The molecule has 2 heterocycles. The molecule has 4 rings (SSSR count). The van der Waals surface area contributed by atoms with Crippen molar-refractivity contribution in [2.24, 2.45) is 0 Å². The highest BCUT2D eigenvalue weighted by molar-refractivity contribution is 5.94. The van der Waals surface area contributed by atoms with Crippen LogP contribution in [0.5, 0.6) is 0 Å². The number of ether oxygens (including phenoxy) is 1. The van der Waals surface area contributed by atoms with Gasteiger partial charge in [-0.2, -0.15) is 0 Å². The quantitative estimate of drug-likeness (QED) is 0.376. The van der Waals surface area contributed by atoms with Crippen LogP contribution in [0, 0.1) is 12.7 Å². The topological polar surface area (TPSA) is 63.0 Å². The van der Waals surface area contributed by atoms with Crippen LogP contribution >= 0.6 is 0 Å². The maximum atomic E-state index is 13.5. The van der Waals surface area contributed by atoms with Gasteiger partial charge in [-0.25, -0.2) is 4.39 Å². The van der Waals surface area contributed by atoms with Crippen molar-refractivity contribution in [3.63, 3.8) is 0 Å². The molecule has 7 heteroatoms. The number of nitrogens with zero attached hydrogens (tertiary/aromatic N) is 2. The van der Waals surface area contributed by atoms with Crippen LogP contribution in [0.4, 0.5) is 4.39 Å². The normalized spacial score (nSPS) is 15.3. The minimum absolute atomic E-state index is 0.0925. The van der Waals surface area contributed by atoms with E-state index < -0.39 is 0 Å². The summed E-state index contributed by atoms with van der Waals surface area (Å²) in [7, 11) is 0. The van der Waals surface area contributed by atoms with Crippen LogP contribution in [0.1, 0.15) is 35.5 Å². The van der Waals surface area contributed by atoms with E-state index in [2.05, 4.69) is 0 Å². The van der Waals surface area contributed by atoms with E-state index >= 15 is 0 Å². The van der Waals surface area contributed by atoms with E-state index in [-0.39, 0.29) is 43.4 Å². The molecule has 0 N–H and O–H groups in total. The molecule has 1 aliphatic heterocycles. The van der Waals surface area contributed by atoms with Crippen LogP contribution in [0.3, 0.4) is 0 Å². The highest BCUT2D eigenvalue weighted by atomic mass is 19.1. The number of furan rings is 1. The molecular formula is C29H31FN2O4. The van der Waals surface area contributed by atoms with Crippen LogP contribution in [0.25, 0.3) is 6.08 Å². The fourth-order valence-corrected chi connectivity index (χ4v) is 4.17. The van der Waals surface area contributed by atoms with Crippen molar-refractivity contribution in [2.45, 2.75) is 39.0 Å². The fraction of sp³-hybridized carbons (Fsp3) is 0.310. The molecule has 1 saturated heterocycles. The average Bonchev–Trinajstić information content (AvgIpc) is 3.55. The molecule has 6 nitrogen and oxygen atoms in total. The zero-order chi connectivity index (χ0) is 25.3. The van der Waals surface area contributed by atoms with Crippen molar-refractivity contribution >= 4 is 17.9 Å². The number of rotatable bonds is 10. The Morgan fingerprint density at radius 1 is 1.00 bits per heavy atom. The number of benzene rings is 2. The van der Waals surface area contributed by atoms with Gasteiger partial charge < -0.3 is 19.0 Å². The van der Waals surface area contributed by atoms with Crippen molar-refractivity contribution in [1.82, 2.24) is 9.80 Å². The van der Waals surface area contributed by atoms with Gasteiger partial charge in [0.1, 0.15) is 23.9 Å². The first-order valence-electron chi connectivity index (χ1n) is 12.2. The van der Waals surface area contributed by atoms with Gasteiger partial charge in [0.25, 0.3) is 0 Å². The summed E-state index contributed by atoms with van der Waals surface area (Å²) in [4.78, 5) is 29.9. The van der Waals surface area contributed by atoms with E-state index in [0.29, 0.717) is 18.9 Å². The molecule has 36 heavy (non-hydrogen) atoms. The number of hydrogen-bond acceptors (Lipinski definition) is 4. The van der Waals surface area contributed by atoms with Gasteiger partial charge >= 0.3 is 0 Å². The van der Waals surface area contributed by atoms with E-state index in [1.165, 1.54) is 18.2 Å². The molecule has 1 atom stereocenters. The minimum atomic E-state index is -0.336.